The molecule has 2 aromatic rings. The van der Waals surface area contributed by atoms with E-state index < -0.39 is 28.5 Å². The Bertz CT molecular complexity index is 952. The fourth-order valence-electron chi connectivity index (χ4n) is 2.32. The fourth-order valence-corrected chi connectivity index (χ4v) is 3.12. The highest BCUT2D eigenvalue weighted by Crippen LogP contribution is 2.14. The van der Waals surface area contributed by atoms with E-state index in [1.165, 1.54) is 30.9 Å². The zero-order valence-electron chi connectivity index (χ0n) is 15.9. The van der Waals surface area contributed by atoms with Gasteiger partial charge in [0.15, 0.2) is 6.61 Å². The van der Waals surface area contributed by atoms with Gasteiger partial charge in [0, 0.05) is 13.2 Å². The van der Waals surface area contributed by atoms with Gasteiger partial charge in [-0.15, -0.1) is 0 Å². The minimum atomic E-state index is -3.68. The molecule has 9 nitrogen and oxygen atoms in total. The van der Waals surface area contributed by atoms with Crippen LogP contribution in [0, 0.1) is 6.92 Å². The third-order valence-corrected chi connectivity index (χ3v) is 5.17. The average Bonchev–Trinajstić information content (AvgIpc) is 3.06. The van der Waals surface area contributed by atoms with Gasteiger partial charge in [0.25, 0.3) is 5.91 Å². The van der Waals surface area contributed by atoms with E-state index in [-0.39, 0.29) is 23.7 Å². The molecule has 1 heterocycles. The van der Waals surface area contributed by atoms with Crippen LogP contribution in [0.25, 0.3) is 0 Å². The maximum absolute atomic E-state index is 12.1. The molecule has 0 saturated carbocycles. The number of aryl methyl sites for hydroxylation is 2. The Morgan fingerprint density at radius 3 is 2.64 bits per heavy atom. The Hall–Kier alpha value is -2.85. The summed E-state index contributed by atoms with van der Waals surface area (Å²) in [7, 11) is -0.898. The Morgan fingerprint density at radius 2 is 1.96 bits per heavy atom. The second-order valence-corrected chi connectivity index (χ2v) is 7.86. The van der Waals surface area contributed by atoms with Crippen LogP contribution in [0.1, 0.15) is 16.1 Å². The number of sulfonamides is 1. The Morgan fingerprint density at radius 1 is 1.21 bits per heavy atom. The normalized spacial score (nSPS) is 11.1. The van der Waals surface area contributed by atoms with E-state index in [9.17, 15) is 18.0 Å². The van der Waals surface area contributed by atoms with Gasteiger partial charge in [0.2, 0.25) is 10.0 Å². The van der Waals surface area contributed by atoms with Gasteiger partial charge in [-0.2, -0.15) is 0 Å². The second kappa shape index (κ2) is 9.38. The summed E-state index contributed by atoms with van der Waals surface area (Å²) < 4.78 is 37.5. The number of carbonyl (C=O) groups is 2. The summed E-state index contributed by atoms with van der Waals surface area (Å²) in [6, 6.07) is 8.71. The number of rotatable bonds is 9. The lowest BCUT2D eigenvalue weighted by Crippen LogP contribution is -2.32. The van der Waals surface area contributed by atoms with Gasteiger partial charge < -0.3 is 19.4 Å². The average molecular weight is 409 g/mol. The predicted octanol–water partition coefficient (Wildman–Crippen LogP) is 0.594. The molecule has 1 amide bonds. The molecule has 152 valence electrons. The van der Waals surface area contributed by atoms with Crippen molar-refractivity contribution in [2.75, 3.05) is 26.8 Å². The summed E-state index contributed by atoms with van der Waals surface area (Å²) in [6.07, 6.45) is 1.28. The molecule has 0 fully saturated rings. The smallest absolute Gasteiger partial charge is 0.355 e. The maximum Gasteiger partial charge on any atom is 0.355 e. The first-order valence-corrected chi connectivity index (χ1v) is 9.94. The molecule has 0 aliphatic carbocycles. The number of esters is 1. The minimum absolute atomic E-state index is 0.0180. The van der Waals surface area contributed by atoms with Crippen LogP contribution in [0.15, 0.2) is 41.4 Å². The van der Waals surface area contributed by atoms with Crippen molar-refractivity contribution >= 4 is 21.9 Å². The molecule has 0 aliphatic heterocycles. The summed E-state index contributed by atoms with van der Waals surface area (Å²) in [4.78, 5) is 23.8. The zero-order chi connectivity index (χ0) is 20.7. The summed E-state index contributed by atoms with van der Waals surface area (Å²) in [5.41, 5.74) is 1.09. The number of ether oxygens (including phenoxy) is 2. The highest BCUT2D eigenvalue weighted by atomic mass is 32.2. The van der Waals surface area contributed by atoms with Gasteiger partial charge in [0.1, 0.15) is 22.9 Å². The highest BCUT2D eigenvalue weighted by molar-refractivity contribution is 7.89. The third-order valence-electron chi connectivity index (χ3n) is 3.78. The van der Waals surface area contributed by atoms with Crippen molar-refractivity contribution < 1.29 is 27.5 Å². The zero-order valence-corrected chi connectivity index (χ0v) is 16.7. The first-order valence-electron chi connectivity index (χ1n) is 8.46. The molecular formula is C18H23N3O6S. The molecule has 0 aliphatic rings. The largest absolute Gasteiger partial charge is 0.492 e. The standard InChI is InChI=1S/C18H23N3O6S/c1-13-5-4-6-14(9-13)26-8-7-20-17(22)12-27-18(23)16-10-15(11-21(16)3)28(24,25)19-2/h4-6,9-11,19H,7-8,12H2,1-3H3,(H,20,22). The van der Waals surface area contributed by atoms with Gasteiger partial charge in [-0.05, 0) is 37.7 Å². The van der Waals surface area contributed by atoms with Crippen LogP contribution in [0.5, 0.6) is 5.75 Å². The van der Waals surface area contributed by atoms with Crippen LogP contribution >= 0.6 is 0 Å². The van der Waals surface area contributed by atoms with Crippen molar-refractivity contribution in [1.29, 1.82) is 0 Å². The number of benzene rings is 1. The number of nitrogens with one attached hydrogen (secondary N) is 2. The molecule has 2 N–H and O–H groups in total. The molecule has 10 heteroatoms. The molecule has 1 aromatic heterocycles. The van der Waals surface area contributed by atoms with Crippen LogP contribution in [0.2, 0.25) is 0 Å². The van der Waals surface area contributed by atoms with Crippen molar-refractivity contribution in [3.8, 4) is 5.75 Å². The molecule has 0 bridgehead atoms. The van der Waals surface area contributed by atoms with Crippen LogP contribution in [0.4, 0.5) is 0 Å². The lowest BCUT2D eigenvalue weighted by Gasteiger charge is -2.09. The summed E-state index contributed by atoms with van der Waals surface area (Å²) >= 11 is 0. The van der Waals surface area contributed by atoms with Gasteiger partial charge in [-0.25, -0.2) is 17.9 Å². The molecule has 1 aromatic carbocycles. The van der Waals surface area contributed by atoms with Crippen LogP contribution < -0.4 is 14.8 Å². The van der Waals surface area contributed by atoms with Gasteiger partial charge in [0.05, 0.1) is 6.54 Å². The number of aromatic nitrogens is 1. The van der Waals surface area contributed by atoms with E-state index in [2.05, 4.69) is 10.0 Å². The topological polar surface area (TPSA) is 116 Å². The summed E-state index contributed by atoms with van der Waals surface area (Å²) in [5.74, 6) is -0.582. The van der Waals surface area contributed by atoms with Gasteiger partial charge >= 0.3 is 5.97 Å². The number of amides is 1. The SMILES string of the molecule is CNS(=O)(=O)c1cc(C(=O)OCC(=O)NCCOc2cccc(C)c2)n(C)c1. The monoisotopic (exact) mass is 409 g/mol. The van der Waals surface area contributed by atoms with Gasteiger partial charge in [-0.1, -0.05) is 12.1 Å². The van der Waals surface area contributed by atoms with E-state index in [4.69, 9.17) is 9.47 Å². The maximum atomic E-state index is 12.1. The first-order chi connectivity index (χ1) is 13.2. The second-order valence-electron chi connectivity index (χ2n) is 5.97. The minimum Gasteiger partial charge on any atom is -0.492 e. The Balaban J connectivity index is 1.77. The molecule has 0 unspecified atom stereocenters. The Kier molecular flexibility index (Phi) is 7.18. The van der Waals surface area contributed by atoms with E-state index in [1.807, 2.05) is 31.2 Å². The third kappa shape index (κ3) is 5.83. The molecule has 0 spiro atoms. The molecule has 2 rings (SSSR count). The molecular weight excluding hydrogens is 386 g/mol. The molecule has 0 saturated heterocycles. The van der Waals surface area contributed by atoms with Crippen molar-refractivity contribution in [3.63, 3.8) is 0 Å². The van der Waals surface area contributed by atoms with E-state index >= 15 is 0 Å². The van der Waals surface area contributed by atoms with Crippen LogP contribution in [-0.2, 0) is 26.6 Å². The van der Waals surface area contributed by atoms with E-state index in [0.29, 0.717) is 5.75 Å². The van der Waals surface area contributed by atoms with E-state index in [1.54, 1.807) is 0 Å². The number of nitrogens with zero attached hydrogens (tertiary/aromatic N) is 1. The molecule has 28 heavy (non-hydrogen) atoms. The van der Waals surface area contributed by atoms with Crippen molar-refractivity contribution in [3.05, 3.63) is 47.8 Å². The number of carbonyl (C=O) groups excluding carboxylic acids is 2. The van der Waals surface area contributed by atoms with Gasteiger partial charge in [-0.3, -0.25) is 4.79 Å². The van der Waals surface area contributed by atoms with Crippen LogP contribution in [-0.4, -0.2) is 51.7 Å². The van der Waals surface area contributed by atoms with E-state index in [0.717, 1.165) is 5.56 Å². The summed E-state index contributed by atoms with van der Waals surface area (Å²) in [5, 5.41) is 2.57. The first kappa shape index (κ1) is 21.5. The number of hydrogen-bond acceptors (Lipinski definition) is 6. The predicted molar refractivity (Wildman–Crippen MR) is 102 cm³/mol. The number of hydrogen-bond donors (Lipinski definition) is 2. The molecule has 0 radical (unpaired) electrons. The lowest BCUT2D eigenvalue weighted by molar-refractivity contribution is -0.124. The van der Waals surface area contributed by atoms with Crippen molar-refractivity contribution in [2.24, 2.45) is 7.05 Å². The quantitative estimate of drug-likeness (QED) is 0.463. The highest BCUT2D eigenvalue weighted by Gasteiger charge is 2.20. The van der Waals surface area contributed by atoms with Crippen LogP contribution in [0.3, 0.4) is 0 Å². The fraction of sp³-hybridized carbons (Fsp3) is 0.333. The molecule has 0 atom stereocenters. The summed E-state index contributed by atoms with van der Waals surface area (Å²) in [6.45, 7) is 1.99. The Labute approximate surface area is 163 Å². The van der Waals surface area contributed by atoms with Crippen molar-refractivity contribution in [2.45, 2.75) is 11.8 Å². The lowest BCUT2D eigenvalue weighted by atomic mass is 10.2. The van der Waals surface area contributed by atoms with Crippen molar-refractivity contribution in [1.82, 2.24) is 14.6 Å².